The average molecular weight is 348 g/mol. The number of ketones is 2. The second-order valence-electron chi connectivity index (χ2n) is 6.89. The summed E-state index contributed by atoms with van der Waals surface area (Å²) >= 11 is 0. The number of primary amides is 1. The highest BCUT2D eigenvalue weighted by atomic mass is 16.6. The predicted molar refractivity (Wildman–Crippen MR) is 84.7 cm³/mol. The van der Waals surface area contributed by atoms with Crippen molar-refractivity contribution in [3.05, 3.63) is 22.5 Å². The molecular formula is C16H20N4O5. The van der Waals surface area contributed by atoms with Gasteiger partial charge in [-0.2, -0.15) is 0 Å². The fraction of sp³-hybridized carbons (Fsp3) is 0.562. The Morgan fingerprint density at radius 1 is 1.36 bits per heavy atom. The van der Waals surface area contributed by atoms with Crippen LogP contribution < -0.4 is 11.5 Å². The van der Waals surface area contributed by atoms with E-state index in [0.29, 0.717) is 12.2 Å². The first-order valence-corrected chi connectivity index (χ1v) is 8.04. The van der Waals surface area contributed by atoms with Crippen molar-refractivity contribution in [3.8, 4) is 0 Å². The number of piperazine rings is 1. The Labute approximate surface area is 144 Å². The SMILES string of the molecule is CO[C@@]12C(COC(N)=O)C3=C(C(=O)C(C)=C(N)C3=O)N1CC1C2N1C. The minimum Gasteiger partial charge on any atom is -0.449 e. The lowest BCUT2D eigenvalue weighted by Gasteiger charge is -2.40. The van der Waals surface area contributed by atoms with Gasteiger partial charge in [0.05, 0.1) is 23.4 Å². The number of carbonyl (C=O) groups excluding carboxylic acids is 3. The number of amides is 1. The molecule has 2 saturated heterocycles. The molecule has 0 aromatic heterocycles. The number of hydrogen-bond acceptors (Lipinski definition) is 8. The standard InChI is InChI=1S/C16H20N4O5/c1-6-10(17)13(22)9-7(5-25-15(18)23)16(24-3)14-8(19(14)2)4-20(16)11(9)12(6)21/h7-8,14H,4-5,17H2,1-3H3,(H2,18,23)/t7?,8?,14?,16-,19?/m1/s1. The molecule has 5 atom stereocenters. The molecule has 9 nitrogen and oxygen atoms in total. The molecule has 0 bridgehead atoms. The van der Waals surface area contributed by atoms with Crippen LogP contribution in [0.3, 0.4) is 0 Å². The molecular weight excluding hydrogens is 328 g/mol. The first kappa shape index (κ1) is 16.1. The largest absolute Gasteiger partial charge is 0.449 e. The molecule has 4 rings (SSSR count). The van der Waals surface area contributed by atoms with Gasteiger partial charge in [0.1, 0.15) is 6.61 Å². The van der Waals surface area contributed by atoms with Gasteiger partial charge in [-0.15, -0.1) is 0 Å². The highest BCUT2D eigenvalue weighted by Gasteiger charge is 2.75. The van der Waals surface area contributed by atoms with E-state index in [1.807, 2.05) is 11.9 Å². The van der Waals surface area contributed by atoms with Crippen LogP contribution in [0.4, 0.5) is 4.79 Å². The van der Waals surface area contributed by atoms with Crippen molar-refractivity contribution in [1.29, 1.82) is 0 Å². The van der Waals surface area contributed by atoms with Crippen molar-refractivity contribution in [2.75, 3.05) is 27.3 Å². The van der Waals surface area contributed by atoms with E-state index in [4.69, 9.17) is 20.9 Å². The van der Waals surface area contributed by atoms with Crippen LogP contribution in [0.2, 0.25) is 0 Å². The Kier molecular flexibility index (Phi) is 3.11. The zero-order valence-electron chi connectivity index (χ0n) is 14.2. The smallest absolute Gasteiger partial charge is 0.404 e. The van der Waals surface area contributed by atoms with Crippen LogP contribution in [-0.4, -0.2) is 72.6 Å². The third-order valence-electron chi connectivity index (χ3n) is 5.99. The van der Waals surface area contributed by atoms with E-state index in [1.165, 1.54) is 7.11 Å². The molecule has 1 aliphatic carbocycles. The van der Waals surface area contributed by atoms with E-state index >= 15 is 0 Å². The molecule has 0 aromatic rings. The van der Waals surface area contributed by atoms with Gasteiger partial charge in [-0.25, -0.2) is 4.79 Å². The third kappa shape index (κ3) is 1.72. The molecule has 3 aliphatic heterocycles. The second-order valence-corrected chi connectivity index (χ2v) is 6.89. The summed E-state index contributed by atoms with van der Waals surface area (Å²) in [6.07, 6.45) is -0.945. The number of rotatable bonds is 3. The van der Waals surface area contributed by atoms with Gasteiger partial charge in [0.15, 0.2) is 5.72 Å². The van der Waals surface area contributed by atoms with E-state index in [-0.39, 0.29) is 41.3 Å². The van der Waals surface area contributed by atoms with Crippen molar-refractivity contribution in [1.82, 2.24) is 9.80 Å². The Morgan fingerprint density at radius 3 is 2.64 bits per heavy atom. The van der Waals surface area contributed by atoms with Crippen LogP contribution in [0.15, 0.2) is 22.5 Å². The van der Waals surface area contributed by atoms with Crippen molar-refractivity contribution in [2.24, 2.45) is 17.4 Å². The van der Waals surface area contributed by atoms with Gasteiger partial charge < -0.3 is 25.8 Å². The van der Waals surface area contributed by atoms with Gasteiger partial charge >= 0.3 is 6.09 Å². The maximum atomic E-state index is 12.9. The number of Topliss-reactive ketones (excluding diaryl/α,β-unsaturated/α-hetero) is 2. The Balaban J connectivity index is 1.85. The minimum absolute atomic E-state index is 0.00768. The highest BCUT2D eigenvalue weighted by molar-refractivity contribution is 6.25. The molecule has 134 valence electrons. The van der Waals surface area contributed by atoms with Gasteiger partial charge in [-0.05, 0) is 14.0 Å². The second kappa shape index (κ2) is 4.83. The molecule has 0 saturated carbocycles. The first-order valence-electron chi connectivity index (χ1n) is 8.04. The van der Waals surface area contributed by atoms with Gasteiger partial charge in [-0.1, -0.05) is 0 Å². The maximum absolute atomic E-state index is 12.9. The Bertz CT molecular complexity index is 787. The summed E-state index contributed by atoms with van der Waals surface area (Å²) in [5.74, 6) is -1.32. The maximum Gasteiger partial charge on any atom is 0.404 e. The van der Waals surface area contributed by atoms with Gasteiger partial charge in [0.25, 0.3) is 0 Å². The van der Waals surface area contributed by atoms with E-state index in [1.54, 1.807) is 6.92 Å². The molecule has 4 aliphatic rings. The zero-order chi connectivity index (χ0) is 18.3. The molecule has 4 unspecified atom stereocenters. The van der Waals surface area contributed by atoms with Crippen molar-refractivity contribution < 1.29 is 23.9 Å². The van der Waals surface area contributed by atoms with Crippen LogP contribution in [0.1, 0.15) is 6.92 Å². The van der Waals surface area contributed by atoms with Crippen molar-refractivity contribution in [3.63, 3.8) is 0 Å². The first-order chi connectivity index (χ1) is 11.8. The number of hydrogen-bond donors (Lipinski definition) is 2. The van der Waals surface area contributed by atoms with Crippen LogP contribution in [0.25, 0.3) is 0 Å². The number of methoxy groups -OCH3 is 1. The van der Waals surface area contributed by atoms with E-state index < -0.39 is 23.5 Å². The fourth-order valence-corrected chi connectivity index (χ4v) is 4.73. The zero-order valence-corrected chi connectivity index (χ0v) is 14.2. The van der Waals surface area contributed by atoms with Gasteiger partial charge in [0.2, 0.25) is 11.6 Å². The van der Waals surface area contributed by atoms with Gasteiger partial charge in [-0.3, -0.25) is 14.5 Å². The summed E-state index contributed by atoms with van der Waals surface area (Å²) in [4.78, 5) is 40.8. The van der Waals surface area contributed by atoms with Crippen LogP contribution >= 0.6 is 0 Å². The van der Waals surface area contributed by atoms with Crippen LogP contribution in [-0.2, 0) is 19.1 Å². The fourth-order valence-electron chi connectivity index (χ4n) is 4.73. The highest BCUT2D eigenvalue weighted by Crippen LogP contribution is 2.59. The van der Waals surface area contributed by atoms with Crippen molar-refractivity contribution >= 4 is 17.7 Å². The molecule has 2 fully saturated rings. The molecule has 25 heavy (non-hydrogen) atoms. The Hall–Kier alpha value is -2.39. The number of nitrogens with two attached hydrogens (primary N) is 2. The Morgan fingerprint density at radius 2 is 2.04 bits per heavy atom. The molecule has 0 spiro atoms. The summed E-state index contributed by atoms with van der Waals surface area (Å²) in [6.45, 7) is 1.96. The quantitative estimate of drug-likeness (QED) is 0.475. The number of allylic oxidation sites excluding steroid dienone is 2. The topological polar surface area (TPSA) is 128 Å². The summed E-state index contributed by atoms with van der Waals surface area (Å²) in [5, 5.41) is 0. The molecule has 3 heterocycles. The lowest BCUT2D eigenvalue weighted by molar-refractivity contribution is -0.144. The minimum atomic E-state index is -0.949. The normalized spacial score (nSPS) is 38.8. The van der Waals surface area contributed by atoms with E-state index in [9.17, 15) is 14.4 Å². The lowest BCUT2D eigenvalue weighted by atomic mass is 9.82. The lowest BCUT2D eigenvalue weighted by Crippen LogP contribution is -2.55. The third-order valence-corrected chi connectivity index (χ3v) is 5.99. The number of nitrogens with zero attached hydrogens (tertiary/aromatic N) is 2. The summed E-state index contributed by atoms with van der Waals surface area (Å²) in [5.41, 5.74) is 10.8. The summed E-state index contributed by atoms with van der Waals surface area (Å²) in [7, 11) is 3.49. The monoisotopic (exact) mass is 348 g/mol. The van der Waals surface area contributed by atoms with E-state index in [0.717, 1.165) is 0 Å². The molecule has 0 radical (unpaired) electrons. The van der Waals surface area contributed by atoms with Crippen LogP contribution in [0.5, 0.6) is 0 Å². The molecule has 1 amide bonds. The molecule has 4 N–H and O–H groups in total. The van der Waals surface area contributed by atoms with E-state index in [2.05, 4.69) is 4.90 Å². The number of fused-ring (bicyclic) bond motifs is 4. The van der Waals surface area contributed by atoms with Crippen LogP contribution in [0, 0.1) is 5.92 Å². The average Bonchev–Trinajstić information content (AvgIpc) is 2.96. The van der Waals surface area contributed by atoms with Gasteiger partial charge in [0, 0.05) is 30.8 Å². The molecule has 9 heteroatoms. The summed E-state index contributed by atoms with van der Waals surface area (Å²) < 4.78 is 10.9. The predicted octanol–water partition coefficient (Wildman–Crippen LogP) is -1.31. The van der Waals surface area contributed by atoms with Crippen molar-refractivity contribution in [2.45, 2.75) is 24.7 Å². The number of likely N-dealkylation sites (N-methyl/N-ethyl adjacent to an activating group) is 1. The number of carbonyl (C=O) groups is 3. The summed E-state index contributed by atoms with van der Waals surface area (Å²) in [6, 6.07) is 0.211. The number of ether oxygens (including phenoxy) is 2. The molecule has 0 aromatic carbocycles.